The first-order valence-corrected chi connectivity index (χ1v) is 7.99. The van der Waals surface area contributed by atoms with Crippen molar-refractivity contribution in [2.75, 3.05) is 4.72 Å². The van der Waals surface area contributed by atoms with Gasteiger partial charge in [0.25, 0.3) is 10.0 Å². The van der Waals surface area contributed by atoms with Crippen molar-refractivity contribution in [2.24, 2.45) is 0 Å². The van der Waals surface area contributed by atoms with Crippen LogP contribution in [-0.2, 0) is 10.0 Å². The van der Waals surface area contributed by atoms with Crippen LogP contribution in [-0.4, -0.2) is 13.4 Å². The van der Waals surface area contributed by atoms with Crippen molar-refractivity contribution in [3.05, 3.63) is 38.8 Å². The number of aromatic nitrogens is 1. The number of anilines is 1. The Balaban J connectivity index is 2.39. The van der Waals surface area contributed by atoms with Crippen LogP contribution >= 0.6 is 27.3 Å². The van der Waals surface area contributed by atoms with Gasteiger partial charge in [-0.05, 0) is 41.1 Å². The minimum Gasteiger partial charge on any atom is -0.275 e. The Morgan fingerprint density at radius 3 is 2.58 bits per heavy atom. The molecule has 19 heavy (non-hydrogen) atoms. The molecule has 0 aliphatic rings. The van der Waals surface area contributed by atoms with Crippen LogP contribution in [0.2, 0.25) is 0 Å². The maximum atomic E-state index is 13.3. The summed E-state index contributed by atoms with van der Waals surface area (Å²) in [5.41, 5.74) is -0.400. The fraction of sp³-hybridized carbons (Fsp3) is 0.100. The summed E-state index contributed by atoms with van der Waals surface area (Å²) in [6, 6.07) is 3.26. The number of rotatable bonds is 3. The van der Waals surface area contributed by atoms with Crippen LogP contribution in [0.1, 0.15) is 4.88 Å². The van der Waals surface area contributed by atoms with E-state index in [9.17, 15) is 17.2 Å². The lowest BCUT2D eigenvalue weighted by atomic mass is 10.4. The lowest BCUT2D eigenvalue weighted by Gasteiger charge is -2.07. The highest BCUT2D eigenvalue weighted by molar-refractivity contribution is 9.11. The zero-order chi connectivity index (χ0) is 14.2. The Labute approximate surface area is 120 Å². The predicted octanol–water partition coefficient (Wildman–Crippen LogP) is 3.29. The lowest BCUT2D eigenvalue weighted by Crippen LogP contribution is -2.14. The molecule has 1 N–H and O–H groups in total. The highest BCUT2D eigenvalue weighted by Crippen LogP contribution is 2.31. The monoisotopic (exact) mass is 368 g/mol. The van der Waals surface area contributed by atoms with E-state index in [0.717, 1.165) is 12.1 Å². The normalized spacial score (nSPS) is 11.6. The first-order chi connectivity index (χ1) is 8.79. The zero-order valence-electron chi connectivity index (χ0n) is 9.45. The topological polar surface area (TPSA) is 59.1 Å². The van der Waals surface area contributed by atoms with Gasteiger partial charge in [-0.15, -0.1) is 11.3 Å². The van der Waals surface area contributed by atoms with Crippen molar-refractivity contribution in [1.82, 2.24) is 4.98 Å². The van der Waals surface area contributed by atoms with Gasteiger partial charge in [-0.3, -0.25) is 4.72 Å². The standard InChI is InChI=1S/C10H7BrF2N2O2S2/c1-5-7(4-8(11)18-5)19(16,17)15-6-2-3-9(12)14-10(6)13/h2-4,15H,1H3. The van der Waals surface area contributed by atoms with Gasteiger partial charge in [0.1, 0.15) is 10.6 Å². The minimum atomic E-state index is -3.93. The van der Waals surface area contributed by atoms with Crippen LogP contribution in [0.15, 0.2) is 26.9 Å². The second-order valence-electron chi connectivity index (χ2n) is 3.55. The molecule has 0 spiro atoms. The van der Waals surface area contributed by atoms with Crippen molar-refractivity contribution in [1.29, 1.82) is 0 Å². The number of nitrogens with one attached hydrogen (secondary N) is 1. The molecule has 0 amide bonds. The molecule has 0 bridgehead atoms. The number of thiophene rings is 1. The first kappa shape index (κ1) is 14.4. The van der Waals surface area contributed by atoms with Gasteiger partial charge in [-0.25, -0.2) is 8.42 Å². The van der Waals surface area contributed by atoms with Crippen molar-refractivity contribution in [3.63, 3.8) is 0 Å². The molecule has 0 saturated heterocycles. The molecule has 0 unspecified atom stereocenters. The summed E-state index contributed by atoms with van der Waals surface area (Å²) < 4.78 is 52.8. The number of hydrogen-bond acceptors (Lipinski definition) is 4. The molecule has 0 fully saturated rings. The van der Waals surface area contributed by atoms with E-state index in [1.165, 1.54) is 17.4 Å². The van der Waals surface area contributed by atoms with Gasteiger partial charge in [0.15, 0.2) is 0 Å². The fourth-order valence-electron chi connectivity index (χ4n) is 1.39. The SMILES string of the molecule is Cc1sc(Br)cc1S(=O)(=O)Nc1ccc(F)nc1F. The van der Waals surface area contributed by atoms with Gasteiger partial charge in [0, 0.05) is 4.88 Å². The molecule has 0 atom stereocenters. The summed E-state index contributed by atoms with van der Waals surface area (Å²) in [6.45, 7) is 1.63. The molecule has 9 heteroatoms. The molecule has 0 saturated carbocycles. The lowest BCUT2D eigenvalue weighted by molar-refractivity contribution is 0.515. The second-order valence-corrected chi connectivity index (χ2v) is 7.84. The summed E-state index contributed by atoms with van der Waals surface area (Å²) in [5, 5.41) is 0. The molecule has 2 aromatic heterocycles. The molecule has 0 aliphatic heterocycles. The van der Waals surface area contributed by atoms with E-state index in [2.05, 4.69) is 20.9 Å². The van der Waals surface area contributed by atoms with Gasteiger partial charge in [-0.1, -0.05) is 0 Å². The van der Waals surface area contributed by atoms with Gasteiger partial charge in [0.2, 0.25) is 11.9 Å². The third kappa shape index (κ3) is 3.10. The molecule has 0 aliphatic carbocycles. The molecule has 0 radical (unpaired) electrons. The van der Waals surface area contributed by atoms with Crippen molar-refractivity contribution < 1.29 is 17.2 Å². The Kier molecular flexibility index (Phi) is 3.88. The Hall–Kier alpha value is -1.06. The number of halogens is 3. The summed E-state index contributed by atoms with van der Waals surface area (Å²) in [7, 11) is -3.93. The largest absolute Gasteiger partial charge is 0.275 e. The highest BCUT2D eigenvalue weighted by Gasteiger charge is 2.21. The Morgan fingerprint density at radius 2 is 2.05 bits per heavy atom. The number of hydrogen-bond donors (Lipinski definition) is 1. The van der Waals surface area contributed by atoms with Crippen LogP contribution in [0, 0.1) is 18.8 Å². The van der Waals surface area contributed by atoms with Crippen LogP contribution in [0.4, 0.5) is 14.5 Å². The average molecular weight is 369 g/mol. The minimum absolute atomic E-state index is 0.0353. The average Bonchev–Trinajstić information content (AvgIpc) is 2.63. The summed E-state index contributed by atoms with van der Waals surface area (Å²) >= 11 is 4.42. The molecule has 2 aromatic rings. The highest BCUT2D eigenvalue weighted by atomic mass is 79.9. The molecule has 102 valence electrons. The van der Waals surface area contributed by atoms with Crippen molar-refractivity contribution in [2.45, 2.75) is 11.8 Å². The number of sulfonamides is 1. The number of pyridine rings is 1. The number of aryl methyl sites for hydroxylation is 1. The second kappa shape index (κ2) is 5.14. The summed E-state index contributed by atoms with van der Waals surface area (Å²) in [4.78, 5) is 3.50. The predicted molar refractivity (Wildman–Crippen MR) is 71.7 cm³/mol. The van der Waals surface area contributed by atoms with Crippen LogP contribution < -0.4 is 4.72 Å². The van der Waals surface area contributed by atoms with E-state index in [4.69, 9.17) is 0 Å². The summed E-state index contributed by atoms with van der Waals surface area (Å²) in [6.07, 6.45) is 0. The molecule has 2 heterocycles. The molecule has 2 rings (SSSR count). The molecule has 0 aromatic carbocycles. The Bertz CT molecular complexity index is 731. The van der Waals surface area contributed by atoms with Gasteiger partial charge < -0.3 is 0 Å². The van der Waals surface area contributed by atoms with Crippen LogP contribution in [0.3, 0.4) is 0 Å². The maximum absolute atomic E-state index is 13.3. The fourth-order valence-corrected chi connectivity index (χ4v) is 4.86. The van der Waals surface area contributed by atoms with E-state index >= 15 is 0 Å². The van der Waals surface area contributed by atoms with Crippen LogP contribution in [0.25, 0.3) is 0 Å². The van der Waals surface area contributed by atoms with E-state index in [1.807, 2.05) is 4.72 Å². The van der Waals surface area contributed by atoms with Gasteiger partial charge in [-0.2, -0.15) is 13.8 Å². The van der Waals surface area contributed by atoms with E-state index in [1.54, 1.807) is 6.92 Å². The third-order valence-electron chi connectivity index (χ3n) is 2.19. The van der Waals surface area contributed by atoms with Gasteiger partial charge in [0.05, 0.1) is 3.79 Å². The van der Waals surface area contributed by atoms with Crippen molar-refractivity contribution in [3.8, 4) is 0 Å². The zero-order valence-corrected chi connectivity index (χ0v) is 12.7. The van der Waals surface area contributed by atoms with Gasteiger partial charge >= 0.3 is 0 Å². The third-order valence-corrected chi connectivity index (χ3v) is 5.37. The van der Waals surface area contributed by atoms with Crippen LogP contribution in [0.5, 0.6) is 0 Å². The van der Waals surface area contributed by atoms with E-state index in [0.29, 0.717) is 8.66 Å². The smallest absolute Gasteiger partial charge is 0.263 e. The number of nitrogens with zero attached hydrogens (tertiary/aromatic N) is 1. The maximum Gasteiger partial charge on any atom is 0.263 e. The van der Waals surface area contributed by atoms with E-state index < -0.39 is 27.6 Å². The quantitative estimate of drug-likeness (QED) is 0.845. The summed E-state index contributed by atoms with van der Waals surface area (Å²) in [5.74, 6) is -2.23. The molecular weight excluding hydrogens is 362 g/mol. The molecular formula is C10H7BrF2N2O2S2. The van der Waals surface area contributed by atoms with E-state index in [-0.39, 0.29) is 4.90 Å². The first-order valence-electron chi connectivity index (χ1n) is 4.90. The van der Waals surface area contributed by atoms with Crippen molar-refractivity contribution >= 4 is 43.0 Å². The Morgan fingerprint density at radius 1 is 1.37 bits per heavy atom. The molecule has 4 nitrogen and oxygen atoms in total.